The maximum absolute atomic E-state index is 12.7. The van der Waals surface area contributed by atoms with Crippen LogP contribution in [0, 0.1) is 0 Å². The highest BCUT2D eigenvalue weighted by atomic mass is 31.2. The lowest BCUT2D eigenvalue weighted by atomic mass is 10.0. The second-order valence-electron chi connectivity index (χ2n) is 18.6. The van der Waals surface area contributed by atoms with Crippen LogP contribution in [0.1, 0.15) is 251 Å². The SMILES string of the molecule is CCCCCCCCCCCCCCCCCCCCCCCCCCCCCC(=O)OC(COC(=O)CCCCCCCCCC)COP(=O)(O)OCC[N+](C)(C)C. The molecule has 0 aromatic rings. The molecule has 0 aliphatic rings. The van der Waals surface area contributed by atoms with Gasteiger partial charge in [-0.3, -0.25) is 18.6 Å². The monoisotopic (exact) mass is 861 g/mol. The predicted molar refractivity (Wildman–Crippen MR) is 248 cm³/mol. The van der Waals surface area contributed by atoms with Gasteiger partial charge in [0, 0.05) is 12.8 Å². The molecule has 2 unspecified atom stereocenters. The number of carbonyl (C=O) groups excluding carboxylic acids is 2. The molecular formula is C49H99NO8P+. The lowest BCUT2D eigenvalue weighted by molar-refractivity contribution is -0.870. The first-order valence-corrected chi connectivity index (χ1v) is 26.8. The zero-order valence-corrected chi connectivity index (χ0v) is 40.7. The van der Waals surface area contributed by atoms with E-state index in [4.69, 9.17) is 18.5 Å². The number of nitrogens with zero attached hydrogens (tertiary/aromatic N) is 1. The van der Waals surface area contributed by atoms with Crippen LogP contribution in [-0.4, -0.2) is 74.9 Å². The number of quaternary nitrogens is 1. The normalized spacial score (nSPS) is 13.4. The Bertz CT molecular complexity index is 974. The van der Waals surface area contributed by atoms with Crippen LogP contribution in [0.15, 0.2) is 0 Å². The fraction of sp³-hybridized carbons (Fsp3) is 0.959. The van der Waals surface area contributed by atoms with Gasteiger partial charge in [-0.25, -0.2) is 4.57 Å². The van der Waals surface area contributed by atoms with Crippen molar-refractivity contribution >= 4 is 19.8 Å². The summed E-state index contributed by atoms with van der Waals surface area (Å²) in [6, 6.07) is 0. The van der Waals surface area contributed by atoms with E-state index in [2.05, 4.69) is 13.8 Å². The summed E-state index contributed by atoms with van der Waals surface area (Å²) in [6.45, 7) is 4.43. The third-order valence-electron chi connectivity index (χ3n) is 11.4. The van der Waals surface area contributed by atoms with Crippen LogP contribution in [0.3, 0.4) is 0 Å². The summed E-state index contributed by atoms with van der Waals surface area (Å²) in [5.74, 6) is -0.787. The van der Waals surface area contributed by atoms with E-state index in [1.54, 1.807) is 0 Å². The van der Waals surface area contributed by atoms with Gasteiger partial charge in [0.25, 0.3) is 0 Å². The summed E-state index contributed by atoms with van der Waals surface area (Å²) in [7, 11) is 1.49. The fourth-order valence-corrected chi connectivity index (χ4v) is 8.17. The van der Waals surface area contributed by atoms with Crippen molar-refractivity contribution in [1.29, 1.82) is 0 Å². The van der Waals surface area contributed by atoms with Gasteiger partial charge in [0.2, 0.25) is 0 Å². The summed E-state index contributed by atoms with van der Waals surface area (Å²) in [4.78, 5) is 35.3. The zero-order valence-electron chi connectivity index (χ0n) is 39.8. The molecule has 9 nitrogen and oxygen atoms in total. The van der Waals surface area contributed by atoms with E-state index in [0.29, 0.717) is 17.4 Å². The topological polar surface area (TPSA) is 108 Å². The number of phosphoric ester groups is 1. The highest BCUT2D eigenvalue weighted by Crippen LogP contribution is 2.43. The van der Waals surface area contributed by atoms with Gasteiger partial charge in [0.05, 0.1) is 27.7 Å². The van der Waals surface area contributed by atoms with Crippen LogP contribution < -0.4 is 0 Å². The van der Waals surface area contributed by atoms with Crippen molar-refractivity contribution in [3.05, 3.63) is 0 Å². The highest BCUT2D eigenvalue weighted by molar-refractivity contribution is 7.47. The van der Waals surface area contributed by atoms with E-state index in [0.717, 1.165) is 38.5 Å². The van der Waals surface area contributed by atoms with Crippen LogP contribution in [0.2, 0.25) is 0 Å². The van der Waals surface area contributed by atoms with E-state index in [9.17, 15) is 19.0 Å². The van der Waals surface area contributed by atoms with Crippen molar-refractivity contribution in [2.24, 2.45) is 0 Å². The van der Waals surface area contributed by atoms with E-state index in [-0.39, 0.29) is 25.6 Å². The number of likely N-dealkylation sites (N-methyl/N-ethyl adjacent to an activating group) is 1. The van der Waals surface area contributed by atoms with Crippen molar-refractivity contribution in [2.75, 3.05) is 47.5 Å². The van der Waals surface area contributed by atoms with Gasteiger partial charge < -0.3 is 18.9 Å². The van der Waals surface area contributed by atoms with Crippen LogP contribution in [0.5, 0.6) is 0 Å². The van der Waals surface area contributed by atoms with Crippen molar-refractivity contribution in [3.8, 4) is 0 Å². The van der Waals surface area contributed by atoms with Gasteiger partial charge in [-0.1, -0.05) is 226 Å². The molecule has 0 aromatic heterocycles. The average Bonchev–Trinajstić information content (AvgIpc) is 3.19. The van der Waals surface area contributed by atoms with Gasteiger partial charge in [0.1, 0.15) is 19.8 Å². The summed E-state index contributed by atoms with van der Waals surface area (Å²) in [5.41, 5.74) is 0. The first-order valence-electron chi connectivity index (χ1n) is 25.3. The van der Waals surface area contributed by atoms with E-state index >= 15 is 0 Å². The minimum absolute atomic E-state index is 0.0367. The third kappa shape index (κ3) is 46.3. The maximum Gasteiger partial charge on any atom is 0.472 e. The number of unbranched alkanes of at least 4 members (excludes halogenated alkanes) is 33. The van der Waals surface area contributed by atoms with Crippen LogP contribution >= 0.6 is 7.82 Å². The summed E-state index contributed by atoms with van der Waals surface area (Å²) >= 11 is 0. The smallest absolute Gasteiger partial charge is 0.462 e. The Hall–Kier alpha value is -0.990. The molecule has 0 spiro atoms. The first-order chi connectivity index (χ1) is 28.5. The van der Waals surface area contributed by atoms with Crippen molar-refractivity contribution in [3.63, 3.8) is 0 Å². The molecule has 0 saturated heterocycles. The summed E-state index contributed by atoms with van der Waals surface area (Å²) in [6.07, 6.45) is 44.7. The number of esters is 2. The van der Waals surface area contributed by atoms with E-state index in [1.807, 2.05) is 21.1 Å². The molecule has 0 bridgehead atoms. The Morgan fingerprint density at radius 3 is 1.08 bits per heavy atom. The van der Waals surface area contributed by atoms with Crippen LogP contribution in [0.4, 0.5) is 0 Å². The molecule has 0 saturated carbocycles. The number of hydrogen-bond donors (Lipinski definition) is 1. The summed E-state index contributed by atoms with van der Waals surface area (Å²) < 4.78 is 34.3. The minimum Gasteiger partial charge on any atom is -0.462 e. The number of ether oxygens (including phenoxy) is 2. The molecule has 0 heterocycles. The first kappa shape index (κ1) is 58.0. The molecule has 10 heteroatoms. The third-order valence-corrected chi connectivity index (χ3v) is 12.4. The Balaban J connectivity index is 3.99. The molecule has 352 valence electrons. The van der Waals surface area contributed by atoms with Crippen LogP contribution in [-0.2, 0) is 32.7 Å². The number of hydrogen-bond acceptors (Lipinski definition) is 7. The Morgan fingerprint density at radius 1 is 0.458 bits per heavy atom. The van der Waals surface area contributed by atoms with Crippen molar-refractivity contribution in [1.82, 2.24) is 0 Å². The molecular weight excluding hydrogens is 762 g/mol. The number of phosphoric acid groups is 1. The quantitative estimate of drug-likeness (QED) is 0.0279. The van der Waals surface area contributed by atoms with E-state index in [1.165, 1.54) is 186 Å². The molecule has 0 aromatic carbocycles. The second-order valence-corrected chi connectivity index (χ2v) is 20.0. The Kier molecular flexibility index (Phi) is 41.6. The standard InChI is InChI=1S/C49H98NO8P/c1-6-8-10-12-14-16-17-18-19-20-21-22-23-24-25-26-27-28-29-30-31-32-33-34-36-38-40-42-49(52)58-47(46-57-59(53,54)56-44-43-50(3,4)5)45-55-48(51)41-39-37-35-15-13-11-9-7-2/h47H,6-46H2,1-5H3/p+1. The predicted octanol–water partition coefficient (Wildman–Crippen LogP) is 14.8. The summed E-state index contributed by atoms with van der Waals surface area (Å²) in [5, 5.41) is 0. The Morgan fingerprint density at radius 2 is 0.763 bits per heavy atom. The largest absolute Gasteiger partial charge is 0.472 e. The lowest BCUT2D eigenvalue weighted by Crippen LogP contribution is -2.37. The molecule has 59 heavy (non-hydrogen) atoms. The molecule has 2 atom stereocenters. The Labute approximate surface area is 365 Å². The molecule has 1 N–H and O–H groups in total. The average molecular weight is 861 g/mol. The van der Waals surface area contributed by atoms with Gasteiger partial charge in [-0.15, -0.1) is 0 Å². The lowest BCUT2D eigenvalue weighted by Gasteiger charge is -2.24. The van der Waals surface area contributed by atoms with Gasteiger partial charge in [-0.2, -0.15) is 0 Å². The molecule has 0 aliphatic carbocycles. The molecule has 0 radical (unpaired) electrons. The van der Waals surface area contributed by atoms with E-state index < -0.39 is 26.5 Å². The highest BCUT2D eigenvalue weighted by Gasteiger charge is 2.27. The maximum atomic E-state index is 12.7. The zero-order chi connectivity index (χ0) is 43.6. The number of carbonyl (C=O) groups is 2. The van der Waals surface area contributed by atoms with Gasteiger partial charge >= 0.3 is 19.8 Å². The molecule has 0 amide bonds. The van der Waals surface area contributed by atoms with Crippen molar-refractivity contribution in [2.45, 2.75) is 258 Å². The molecule has 0 fully saturated rings. The fourth-order valence-electron chi connectivity index (χ4n) is 7.43. The molecule has 0 aliphatic heterocycles. The second kappa shape index (κ2) is 42.3. The molecule has 0 rings (SSSR count). The minimum atomic E-state index is -4.36. The number of rotatable bonds is 47. The van der Waals surface area contributed by atoms with Gasteiger partial charge in [0.15, 0.2) is 6.10 Å². The van der Waals surface area contributed by atoms with Crippen molar-refractivity contribution < 1.29 is 42.1 Å². The van der Waals surface area contributed by atoms with Gasteiger partial charge in [-0.05, 0) is 12.8 Å². The van der Waals surface area contributed by atoms with Crippen LogP contribution in [0.25, 0.3) is 0 Å².